The zero-order chi connectivity index (χ0) is 23.8. The van der Waals surface area contributed by atoms with Gasteiger partial charge in [0.1, 0.15) is 22.5 Å². The summed E-state index contributed by atoms with van der Waals surface area (Å²) in [5, 5.41) is 9.29. The summed E-state index contributed by atoms with van der Waals surface area (Å²) in [4.78, 5) is 33.4. The lowest BCUT2D eigenvalue weighted by atomic mass is 9.98. The van der Waals surface area contributed by atoms with Crippen molar-refractivity contribution in [2.45, 2.75) is 26.3 Å². The van der Waals surface area contributed by atoms with Gasteiger partial charge in [-0.2, -0.15) is 0 Å². The van der Waals surface area contributed by atoms with E-state index in [1.54, 1.807) is 41.0 Å². The fraction of sp³-hybridized carbons (Fsp3) is 0.308. The molecule has 1 N–H and O–H groups in total. The molecule has 174 valence electrons. The number of fused-ring (bicyclic) bond motifs is 2. The van der Waals surface area contributed by atoms with Gasteiger partial charge in [0.25, 0.3) is 11.5 Å². The molecule has 4 aromatic rings. The Hall–Kier alpha value is -3.94. The van der Waals surface area contributed by atoms with Crippen molar-refractivity contribution in [2.24, 2.45) is 5.92 Å². The molecular weight excluding hydrogens is 430 g/mol. The number of benzene rings is 1. The van der Waals surface area contributed by atoms with Crippen molar-refractivity contribution in [1.29, 1.82) is 5.41 Å². The van der Waals surface area contributed by atoms with Gasteiger partial charge in [-0.15, -0.1) is 0 Å². The maximum Gasteiger partial charge on any atom is 0.267 e. The number of methoxy groups -OCH3 is 1. The highest BCUT2D eigenvalue weighted by atomic mass is 16.5. The third-order valence-electron chi connectivity index (χ3n) is 6.62. The summed E-state index contributed by atoms with van der Waals surface area (Å²) in [6.45, 7) is 3.80. The Labute approximate surface area is 196 Å². The van der Waals surface area contributed by atoms with E-state index < -0.39 is 0 Å². The highest BCUT2D eigenvalue weighted by Gasteiger charge is 2.25. The predicted octanol–water partition coefficient (Wildman–Crippen LogP) is 3.06. The summed E-state index contributed by atoms with van der Waals surface area (Å²) < 4.78 is 8.38. The van der Waals surface area contributed by atoms with Gasteiger partial charge in [-0.25, -0.2) is 4.98 Å². The molecule has 34 heavy (non-hydrogen) atoms. The molecule has 5 rings (SSSR count). The van der Waals surface area contributed by atoms with Crippen LogP contribution in [0, 0.1) is 11.3 Å². The van der Waals surface area contributed by atoms with Crippen molar-refractivity contribution in [3.63, 3.8) is 0 Å². The Kier molecular flexibility index (Phi) is 5.65. The number of amides is 1. The summed E-state index contributed by atoms with van der Waals surface area (Å²) >= 11 is 0. The molecule has 1 fully saturated rings. The fourth-order valence-corrected chi connectivity index (χ4v) is 4.50. The molecule has 3 aromatic heterocycles. The van der Waals surface area contributed by atoms with E-state index in [0.717, 1.165) is 24.2 Å². The van der Waals surface area contributed by atoms with E-state index >= 15 is 0 Å². The molecule has 4 heterocycles. The van der Waals surface area contributed by atoms with E-state index in [-0.39, 0.29) is 22.5 Å². The third kappa shape index (κ3) is 3.85. The van der Waals surface area contributed by atoms with Gasteiger partial charge in [0.2, 0.25) is 0 Å². The molecule has 8 heteroatoms. The number of carbonyl (C=O) groups excluding carboxylic acids is 1. The number of piperidine rings is 1. The summed E-state index contributed by atoms with van der Waals surface area (Å²) in [6, 6.07) is 14.4. The smallest absolute Gasteiger partial charge is 0.267 e. The predicted molar refractivity (Wildman–Crippen MR) is 129 cm³/mol. The van der Waals surface area contributed by atoms with Gasteiger partial charge < -0.3 is 14.2 Å². The second-order valence-corrected chi connectivity index (χ2v) is 8.90. The minimum absolute atomic E-state index is 0.0547. The van der Waals surface area contributed by atoms with E-state index in [1.807, 2.05) is 30.3 Å². The number of nitrogens with one attached hydrogen (secondary N) is 1. The second-order valence-electron chi connectivity index (χ2n) is 8.90. The van der Waals surface area contributed by atoms with Gasteiger partial charge in [0.15, 0.2) is 0 Å². The van der Waals surface area contributed by atoms with Crippen molar-refractivity contribution in [3.8, 4) is 5.75 Å². The van der Waals surface area contributed by atoms with E-state index in [0.29, 0.717) is 42.2 Å². The van der Waals surface area contributed by atoms with E-state index in [2.05, 4.69) is 6.92 Å². The highest BCUT2D eigenvalue weighted by Crippen LogP contribution is 2.19. The van der Waals surface area contributed by atoms with Gasteiger partial charge in [-0.3, -0.25) is 19.4 Å². The zero-order valence-corrected chi connectivity index (χ0v) is 19.3. The lowest BCUT2D eigenvalue weighted by molar-refractivity contribution is 0.0694. The van der Waals surface area contributed by atoms with Crippen LogP contribution >= 0.6 is 0 Å². The Bertz CT molecular complexity index is 1500. The minimum Gasteiger partial charge on any atom is -0.497 e. The molecule has 0 saturated carbocycles. The maximum absolute atomic E-state index is 13.5. The highest BCUT2D eigenvalue weighted by molar-refractivity contribution is 5.97. The SMILES string of the molecule is COc1ccc(Cn2c(=N)c(C(=O)N3CCC(C)CC3)cc3c(=O)n4ccccc4nc32)cc1. The largest absolute Gasteiger partial charge is 0.497 e. The molecule has 1 aliphatic heterocycles. The lowest BCUT2D eigenvalue weighted by Gasteiger charge is -2.30. The Morgan fingerprint density at radius 1 is 1.15 bits per heavy atom. The number of likely N-dealkylation sites (tertiary alicyclic amines) is 1. The fourth-order valence-electron chi connectivity index (χ4n) is 4.50. The topological polar surface area (TPSA) is 92.7 Å². The van der Waals surface area contributed by atoms with Crippen LogP contribution in [-0.4, -0.2) is 45.0 Å². The van der Waals surface area contributed by atoms with Gasteiger partial charge in [-0.1, -0.05) is 25.1 Å². The molecule has 1 saturated heterocycles. The average molecular weight is 458 g/mol. The van der Waals surface area contributed by atoms with E-state index in [1.165, 1.54) is 4.40 Å². The van der Waals surface area contributed by atoms with Crippen LogP contribution in [0.15, 0.2) is 59.5 Å². The molecule has 1 aliphatic rings. The van der Waals surface area contributed by atoms with Crippen LogP contribution in [0.25, 0.3) is 16.7 Å². The van der Waals surface area contributed by atoms with Crippen LogP contribution in [-0.2, 0) is 6.54 Å². The van der Waals surface area contributed by atoms with Gasteiger partial charge in [0.05, 0.1) is 24.6 Å². The Balaban J connectivity index is 1.71. The Morgan fingerprint density at radius 3 is 2.59 bits per heavy atom. The number of aromatic nitrogens is 3. The van der Waals surface area contributed by atoms with Crippen LogP contribution in [0.3, 0.4) is 0 Å². The maximum atomic E-state index is 13.5. The molecule has 0 atom stereocenters. The molecule has 1 amide bonds. The number of nitrogens with zero attached hydrogens (tertiary/aromatic N) is 4. The zero-order valence-electron chi connectivity index (χ0n) is 19.3. The summed E-state index contributed by atoms with van der Waals surface area (Å²) in [5.74, 6) is 1.10. The van der Waals surface area contributed by atoms with Gasteiger partial charge >= 0.3 is 0 Å². The minimum atomic E-state index is -0.259. The van der Waals surface area contributed by atoms with Gasteiger partial charge in [0, 0.05) is 19.3 Å². The number of ether oxygens (including phenoxy) is 1. The van der Waals surface area contributed by atoms with Gasteiger partial charge in [-0.05, 0) is 54.7 Å². The first-order chi connectivity index (χ1) is 16.5. The first-order valence-corrected chi connectivity index (χ1v) is 11.5. The van der Waals surface area contributed by atoms with Crippen molar-refractivity contribution >= 4 is 22.6 Å². The average Bonchev–Trinajstić information content (AvgIpc) is 2.86. The monoisotopic (exact) mass is 457 g/mol. The number of rotatable bonds is 4. The molecule has 1 aromatic carbocycles. The normalized spacial score (nSPS) is 14.6. The molecule has 0 unspecified atom stereocenters. The van der Waals surface area contributed by atoms with Crippen molar-refractivity contribution in [2.75, 3.05) is 20.2 Å². The molecule has 0 spiro atoms. The van der Waals surface area contributed by atoms with Crippen LogP contribution in [0.1, 0.15) is 35.7 Å². The summed E-state index contributed by atoms with van der Waals surface area (Å²) in [6.07, 6.45) is 3.54. The van der Waals surface area contributed by atoms with E-state index in [9.17, 15) is 9.59 Å². The quantitative estimate of drug-likeness (QED) is 0.477. The second kappa shape index (κ2) is 8.78. The number of hydrogen-bond donors (Lipinski definition) is 1. The number of hydrogen-bond acceptors (Lipinski definition) is 5. The number of carbonyl (C=O) groups is 1. The summed E-state index contributed by atoms with van der Waals surface area (Å²) in [5.41, 5.74) is 1.81. The van der Waals surface area contributed by atoms with Crippen molar-refractivity contribution in [3.05, 3.63) is 81.7 Å². The summed E-state index contributed by atoms with van der Waals surface area (Å²) in [7, 11) is 1.61. The third-order valence-corrected chi connectivity index (χ3v) is 6.62. The molecule has 0 bridgehead atoms. The molecule has 0 radical (unpaired) electrons. The van der Waals surface area contributed by atoms with Crippen LogP contribution in [0.4, 0.5) is 0 Å². The van der Waals surface area contributed by atoms with Crippen LogP contribution < -0.4 is 15.8 Å². The number of pyridine rings is 2. The lowest BCUT2D eigenvalue weighted by Crippen LogP contribution is -2.41. The van der Waals surface area contributed by atoms with Crippen molar-refractivity contribution < 1.29 is 9.53 Å². The first-order valence-electron chi connectivity index (χ1n) is 11.5. The van der Waals surface area contributed by atoms with Crippen LogP contribution in [0.5, 0.6) is 5.75 Å². The van der Waals surface area contributed by atoms with Crippen LogP contribution in [0.2, 0.25) is 0 Å². The van der Waals surface area contributed by atoms with Crippen molar-refractivity contribution in [1.82, 2.24) is 18.9 Å². The first kappa shape index (κ1) is 21.9. The molecule has 0 aliphatic carbocycles. The molecule has 8 nitrogen and oxygen atoms in total. The standard InChI is InChI=1S/C26H27N5O3/c1-17-10-13-29(14-11-17)25(32)20-15-21-24(28-22-5-3-4-12-30(22)26(21)33)31(23(20)27)16-18-6-8-19(34-2)9-7-18/h3-9,12,15,17,27H,10-11,13-14,16H2,1-2H3. The Morgan fingerprint density at radius 2 is 1.88 bits per heavy atom. The van der Waals surface area contributed by atoms with E-state index in [4.69, 9.17) is 15.1 Å². The molecular formula is C26H27N5O3.